The minimum Gasteiger partial charge on any atom is -0.350 e. The molecule has 1 saturated heterocycles. The third kappa shape index (κ3) is 3.17. The lowest BCUT2D eigenvalue weighted by Gasteiger charge is -2.44. The smallest absolute Gasteiger partial charge is 0.227 e. The topological polar surface area (TPSA) is 73.1 Å². The molecule has 0 saturated carbocycles. The Labute approximate surface area is 145 Å². The number of aromatic nitrogens is 2. The number of amides is 1. The van der Waals surface area contributed by atoms with Gasteiger partial charge in [-0.05, 0) is 11.6 Å². The molecule has 0 bridgehead atoms. The summed E-state index contributed by atoms with van der Waals surface area (Å²) in [4.78, 5) is 24.3. The highest BCUT2D eigenvalue weighted by Gasteiger charge is 2.34. The van der Waals surface area contributed by atoms with Gasteiger partial charge in [-0.1, -0.05) is 29.8 Å². The van der Waals surface area contributed by atoms with Crippen molar-refractivity contribution in [1.29, 1.82) is 5.26 Å². The van der Waals surface area contributed by atoms with Gasteiger partial charge in [-0.25, -0.2) is 9.97 Å². The van der Waals surface area contributed by atoms with Crippen molar-refractivity contribution in [2.45, 2.75) is 12.5 Å². The maximum atomic E-state index is 12.4. The van der Waals surface area contributed by atoms with Gasteiger partial charge >= 0.3 is 0 Å². The molecule has 0 spiro atoms. The second kappa shape index (κ2) is 6.85. The zero-order chi connectivity index (χ0) is 17.1. The van der Waals surface area contributed by atoms with E-state index in [-0.39, 0.29) is 18.4 Å². The molecule has 0 unspecified atom stereocenters. The summed E-state index contributed by atoms with van der Waals surface area (Å²) < 4.78 is 0. The molecule has 6 nitrogen and oxygen atoms in total. The second-order valence-corrected chi connectivity index (χ2v) is 6.08. The summed E-state index contributed by atoms with van der Waals surface area (Å²) in [5.41, 5.74) is 1.13. The highest BCUT2D eigenvalue weighted by molar-refractivity contribution is 6.31. The lowest BCUT2D eigenvalue weighted by molar-refractivity contribution is -0.131. The summed E-state index contributed by atoms with van der Waals surface area (Å²) in [5, 5.41) is 9.69. The first-order chi connectivity index (χ1) is 11.6. The third-order valence-electron chi connectivity index (χ3n) is 4.19. The second-order valence-electron chi connectivity index (χ2n) is 5.67. The van der Waals surface area contributed by atoms with E-state index in [1.807, 2.05) is 29.2 Å². The molecule has 3 rings (SSSR count). The number of nitrogens with zero attached hydrogens (tertiary/aromatic N) is 5. The van der Waals surface area contributed by atoms with Crippen LogP contribution < -0.4 is 4.90 Å². The fourth-order valence-corrected chi connectivity index (χ4v) is 2.85. The van der Waals surface area contributed by atoms with Gasteiger partial charge in [-0.2, -0.15) is 5.26 Å². The Bertz CT molecular complexity index is 798. The Balaban J connectivity index is 1.60. The Morgan fingerprint density at radius 1 is 1.38 bits per heavy atom. The predicted molar refractivity (Wildman–Crippen MR) is 90.7 cm³/mol. The summed E-state index contributed by atoms with van der Waals surface area (Å²) in [6.07, 6.45) is 3.34. The van der Waals surface area contributed by atoms with Gasteiger partial charge in [-0.3, -0.25) is 4.79 Å². The SMILES string of the molecule is CN(C(=O)Cc1ccccc1Cl)C1CN(c2nccnc2C#N)C1. The lowest BCUT2D eigenvalue weighted by Crippen LogP contribution is -2.60. The van der Waals surface area contributed by atoms with Gasteiger partial charge in [0.15, 0.2) is 11.5 Å². The summed E-state index contributed by atoms with van der Waals surface area (Å²) in [6, 6.07) is 9.49. The maximum Gasteiger partial charge on any atom is 0.227 e. The molecule has 122 valence electrons. The molecule has 24 heavy (non-hydrogen) atoms. The first kappa shape index (κ1) is 16.2. The van der Waals surface area contributed by atoms with Gasteiger partial charge in [0.2, 0.25) is 5.91 Å². The predicted octanol–water partition coefficient (Wildman–Crippen LogP) is 1.89. The van der Waals surface area contributed by atoms with Crippen molar-refractivity contribution >= 4 is 23.3 Å². The van der Waals surface area contributed by atoms with E-state index in [1.54, 1.807) is 24.2 Å². The molecule has 0 radical (unpaired) electrons. The van der Waals surface area contributed by atoms with Crippen LogP contribution in [-0.2, 0) is 11.2 Å². The molecule has 0 N–H and O–H groups in total. The molecule has 1 aliphatic heterocycles. The standard InChI is InChI=1S/C17H16ClN5O/c1-22(16(24)8-12-4-2-3-5-14(12)18)13-10-23(11-13)17-15(9-19)20-6-7-21-17/h2-7,13H,8,10-11H2,1H3. The van der Waals surface area contributed by atoms with Crippen LogP contribution in [0.25, 0.3) is 0 Å². The normalized spacial score (nSPS) is 14.0. The average molecular weight is 342 g/mol. The Hall–Kier alpha value is -2.65. The largest absolute Gasteiger partial charge is 0.350 e. The van der Waals surface area contributed by atoms with Crippen molar-refractivity contribution in [3.8, 4) is 6.07 Å². The van der Waals surface area contributed by atoms with Gasteiger partial charge in [0, 0.05) is 37.6 Å². The fourth-order valence-electron chi connectivity index (χ4n) is 2.65. The molecule has 1 amide bonds. The van der Waals surface area contributed by atoms with E-state index in [2.05, 4.69) is 9.97 Å². The number of likely N-dealkylation sites (N-methyl/N-ethyl adjacent to an activating group) is 1. The molecule has 0 aliphatic carbocycles. The van der Waals surface area contributed by atoms with Crippen molar-refractivity contribution < 1.29 is 4.79 Å². The minimum atomic E-state index is 0.0207. The lowest BCUT2D eigenvalue weighted by atomic mass is 10.1. The zero-order valence-electron chi connectivity index (χ0n) is 13.2. The number of nitriles is 1. The van der Waals surface area contributed by atoms with E-state index in [0.29, 0.717) is 29.6 Å². The van der Waals surface area contributed by atoms with E-state index < -0.39 is 0 Å². The van der Waals surface area contributed by atoms with Crippen LogP contribution in [-0.4, -0.2) is 47.0 Å². The molecule has 2 aromatic rings. The molecule has 7 heteroatoms. The number of halogens is 1. The van der Waals surface area contributed by atoms with Crippen LogP contribution in [0.2, 0.25) is 5.02 Å². The summed E-state index contributed by atoms with van der Waals surface area (Å²) >= 11 is 6.11. The monoisotopic (exact) mass is 341 g/mol. The van der Waals surface area contributed by atoms with Crippen LogP contribution in [0, 0.1) is 11.3 Å². The van der Waals surface area contributed by atoms with Crippen LogP contribution in [0.1, 0.15) is 11.3 Å². The van der Waals surface area contributed by atoms with Crippen LogP contribution in [0.3, 0.4) is 0 Å². The van der Waals surface area contributed by atoms with Crippen molar-refractivity contribution in [3.05, 3.63) is 52.9 Å². The van der Waals surface area contributed by atoms with Gasteiger partial charge in [0.05, 0.1) is 12.5 Å². The van der Waals surface area contributed by atoms with Crippen LogP contribution in [0.4, 0.5) is 5.82 Å². The number of rotatable bonds is 4. The fraction of sp³-hybridized carbons (Fsp3) is 0.294. The van der Waals surface area contributed by atoms with E-state index in [1.165, 1.54) is 6.20 Å². The van der Waals surface area contributed by atoms with Crippen LogP contribution >= 0.6 is 11.6 Å². The van der Waals surface area contributed by atoms with Crippen LogP contribution in [0.15, 0.2) is 36.7 Å². The Morgan fingerprint density at radius 3 is 2.79 bits per heavy atom. The average Bonchev–Trinajstić information content (AvgIpc) is 2.56. The molecule has 1 aliphatic rings. The highest BCUT2D eigenvalue weighted by atomic mass is 35.5. The summed E-state index contributed by atoms with van der Waals surface area (Å²) in [7, 11) is 1.79. The van der Waals surface area contributed by atoms with Gasteiger partial charge < -0.3 is 9.80 Å². The van der Waals surface area contributed by atoms with Crippen LogP contribution in [0.5, 0.6) is 0 Å². The van der Waals surface area contributed by atoms with Crippen molar-refractivity contribution in [2.75, 3.05) is 25.0 Å². The molecule has 2 heterocycles. The quantitative estimate of drug-likeness (QED) is 0.849. The van der Waals surface area contributed by atoms with E-state index in [0.717, 1.165) is 5.56 Å². The van der Waals surface area contributed by atoms with Gasteiger partial charge in [0.25, 0.3) is 0 Å². The molecule has 0 atom stereocenters. The Kier molecular flexibility index (Phi) is 4.63. The number of carbonyl (C=O) groups is 1. The molecular weight excluding hydrogens is 326 g/mol. The number of hydrogen-bond donors (Lipinski definition) is 0. The van der Waals surface area contributed by atoms with E-state index in [4.69, 9.17) is 16.9 Å². The summed E-state index contributed by atoms with van der Waals surface area (Å²) in [5.74, 6) is 0.593. The Morgan fingerprint density at radius 2 is 2.08 bits per heavy atom. The minimum absolute atomic E-state index is 0.0207. The first-order valence-corrected chi connectivity index (χ1v) is 7.93. The summed E-state index contributed by atoms with van der Waals surface area (Å²) in [6.45, 7) is 1.27. The number of benzene rings is 1. The van der Waals surface area contributed by atoms with E-state index in [9.17, 15) is 4.79 Å². The zero-order valence-corrected chi connectivity index (χ0v) is 13.9. The molecule has 1 aromatic heterocycles. The van der Waals surface area contributed by atoms with Gasteiger partial charge in [-0.15, -0.1) is 0 Å². The molecule has 1 aromatic carbocycles. The van der Waals surface area contributed by atoms with E-state index >= 15 is 0 Å². The third-order valence-corrected chi connectivity index (χ3v) is 4.56. The molecule has 1 fully saturated rings. The number of anilines is 1. The maximum absolute atomic E-state index is 12.4. The van der Waals surface area contributed by atoms with Gasteiger partial charge in [0.1, 0.15) is 6.07 Å². The number of hydrogen-bond acceptors (Lipinski definition) is 5. The first-order valence-electron chi connectivity index (χ1n) is 7.55. The molecular formula is C17H16ClN5O. The van der Waals surface area contributed by atoms with Crippen molar-refractivity contribution in [2.24, 2.45) is 0 Å². The van der Waals surface area contributed by atoms with Crippen molar-refractivity contribution in [1.82, 2.24) is 14.9 Å². The van der Waals surface area contributed by atoms with Crippen molar-refractivity contribution in [3.63, 3.8) is 0 Å². The number of carbonyl (C=O) groups excluding carboxylic acids is 1. The highest BCUT2D eigenvalue weighted by Crippen LogP contribution is 2.24.